The Morgan fingerprint density at radius 3 is 2.62 bits per heavy atom. The molecule has 0 spiro atoms. The normalized spacial score (nSPS) is 14.8. The Morgan fingerprint density at radius 1 is 1.44 bits per heavy atom. The third kappa shape index (κ3) is 3.03. The second kappa shape index (κ2) is 5.97. The lowest BCUT2D eigenvalue weighted by Gasteiger charge is -2.24. The van der Waals surface area contributed by atoms with Crippen LogP contribution in [0.4, 0.5) is 4.39 Å². The Hall–Kier alpha value is -0.930. The zero-order valence-corrected chi connectivity index (χ0v) is 10.4. The van der Waals surface area contributed by atoms with Crippen molar-refractivity contribution in [1.29, 1.82) is 0 Å². The van der Waals surface area contributed by atoms with Gasteiger partial charge in [-0.15, -0.1) is 0 Å². The summed E-state index contributed by atoms with van der Waals surface area (Å²) in [5.41, 5.74) is 1.59. The lowest BCUT2D eigenvalue weighted by Crippen LogP contribution is -2.29. The first kappa shape index (κ1) is 13.1. The van der Waals surface area contributed by atoms with Crippen molar-refractivity contribution in [1.82, 2.24) is 5.32 Å². The van der Waals surface area contributed by atoms with E-state index in [0.717, 1.165) is 5.56 Å². The third-order valence-electron chi connectivity index (χ3n) is 2.76. The molecule has 1 rings (SSSR count). The molecule has 1 aromatic carbocycles. The fourth-order valence-corrected chi connectivity index (χ4v) is 1.83. The summed E-state index contributed by atoms with van der Waals surface area (Å²) in [7, 11) is 1.86. The molecule has 16 heavy (non-hydrogen) atoms. The van der Waals surface area contributed by atoms with Gasteiger partial charge in [0, 0.05) is 6.61 Å². The van der Waals surface area contributed by atoms with Gasteiger partial charge in [0.15, 0.2) is 0 Å². The standard InChI is InChI=1S/C13H20FNO/c1-5-16-10(3)13(15-4)11-7-6-9(2)12(14)8-11/h6-8,10,13,15H,5H2,1-4H3. The molecule has 0 bridgehead atoms. The van der Waals surface area contributed by atoms with E-state index in [9.17, 15) is 4.39 Å². The van der Waals surface area contributed by atoms with E-state index in [2.05, 4.69) is 5.32 Å². The molecule has 0 aliphatic rings. The van der Waals surface area contributed by atoms with Gasteiger partial charge in [0.05, 0.1) is 12.1 Å². The molecule has 0 amide bonds. The molecule has 90 valence electrons. The molecule has 2 unspecified atom stereocenters. The first-order valence-corrected chi connectivity index (χ1v) is 5.65. The summed E-state index contributed by atoms with van der Waals surface area (Å²) in [6.07, 6.45) is 0.0251. The monoisotopic (exact) mass is 225 g/mol. The van der Waals surface area contributed by atoms with Gasteiger partial charge in [0.2, 0.25) is 0 Å². The van der Waals surface area contributed by atoms with Crippen molar-refractivity contribution in [3.05, 3.63) is 35.1 Å². The average molecular weight is 225 g/mol. The van der Waals surface area contributed by atoms with E-state index in [4.69, 9.17) is 4.74 Å². The Labute approximate surface area is 96.8 Å². The van der Waals surface area contributed by atoms with Crippen LogP contribution < -0.4 is 5.32 Å². The number of aryl methyl sites for hydroxylation is 1. The molecule has 3 heteroatoms. The van der Waals surface area contributed by atoms with Crippen molar-refractivity contribution >= 4 is 0 Å². The largest absolute Gasteiger partial charge is 0.377 e. The zero-order valence-electron chi connectivity index (χ0n) is 10.4. The van der Waals surface area contributed by atoms with E-state index in [0.29, 0.717) is 12.2 Å². The highest BCUT2D eigenvalue weighted by atomic mass is 19.1. The highest BCUT2D eigenvalue weighted by molar-refractivity contribution is 5.26. The quantitative estimate of drug-likeness (QED) is 0.832. The molecule has 0 aliphatic carbocycles. The first-order valence-electron chi connectivity index (χ1n) is 5.65. The molecular weight excluding hydrogens is 205 g/mol. The molecule has 2 nitrogen and oxygen atoms in total. The van der Waals surface area contributed by atoms with E-state index in [-0.39, 0.29) is 18.0 Å². The molecule has 0 saturated heterocycles. The van der Waals surface area contributed by atoms with Crippen LogP contribution in [0.5, 0.6) is 0 Å². The molecule has 0 heterocycles. The minimum absolute atomic E-state index is 0.0232. The summed E-state index contributed by atoms with van der Waals surface area (Å²) in [6, 6.07) is 5.34. The lowest BCUT2D eigenvalue weighted by molar-refractivity contribution is 0.0492. The number of benzene rings is 1. The van der Waals surface area contributed by atoms with Gasteiger partial charge in [0.1, 0.15) is 5.82 Å². The van der Waals surface area contributed by atoms with Gasteiger partial charge in [-0.1, -0.05) is 12.1 Å². The number of ether oxygens (including phenoxy) is 1. The van der Waals surface area contributed by atoms with E-state index >= 15 is 0 Å². The van der Waals surface area contributed by atoms with Crippen LogP contribution >= 0.6 is 0 Å². The minimum Gasteiger partial charge on any atom is -0.377 e. The second-order valence-electron chi connectivity index (χ2n) is 3.94. The minimum atomic E-state index is -0.165. The summed E-state index contributed by atoms with van der Waals surface area (Å²) in [6.45, 7) is 6.37. The Kier molecular flexibility index (Phi) is 4.90. The van der Waals surface area contributed by atoms with Gasteiger partial charge in [0.25, 0.3) is 0 Å². The molecule has 1 aromatic rings. The van der Waals surface area contributed by atoms with Crippen molar-refractivity contribution in [2.75, 3.05) is 13.7 Å². The van der Waals surface area contributed by atoms with Crippen molar-refractivity contribution in [2.24, 2.45) is 0 Å². The SMILES string of the molecule is CCOC(C)C(NC)c1ccc(C)c(F)c1. The van der Waals surface area contributed by atoms with Gasteiger partial charge in [-0.05, 0) is 45.0 Å². The van der Waals surface area contributed by atoms with Crippen LogP contribution in [0, 0.1) is 12.7 Å². The van der Waals surface area contributed by atoms with E-state index in [1.807, 2.05) is 27.0 Å². The van der Waals surface area contributed by atoms with Crippen LogP contribution in [0.2, 0.25) is 0 Å². The second-order valence-corrected chi connectivity index (χ2v) is 3.94. The third-order valence-corrected chi connectivity index (χ3v) is 2.76. The Morgan fingerprint density at radius 2 is 2.12 bits per heavy atom. The number of hydrogen-bond acceptors (Lipinski definition) is 2. The van der Waals surface area contributed by atoms with Gasteiger partial charge < -0.3 is 10.1 Å². The molecular formula is C13H20FNO. The maximum absolute atomic E-state index is 13.5. The molecule has 2 atom stereocenters. The Bertz CT molecular complexity index is 341. The summed E-state index contributed by atoms with van der Waals surface area (Å²) < 4.78 is 19.0. The molecule has 0 saturated carbocycles. The van der Waals surface area contributed by atoms with Gasteiger partial charge in [-0.25, -0.2) is 4.39 Å². The van der Waals surface area contributed by atoms with Gasteiger partial charge >= 0.3 is 0 Å². The van der Waals surface area contributed by atoms with Gasteiger partial charge in [-0.3, -0.25) is 0 Å². The van der Waals surface area contributed by atoms with Crippen molar-refractivity contribution in [3.63, 3.8) is 0 Å². The number of rotatable bonds is 5. The van der Waals surface area contributed by atoms with E-state index in [1.165, 1.54) is 0 Å². The molecule has 0 radical (unpaired) electrons. The molecule has 1 N–H and O–H groups in total. The Balaban J connectivity index is 2.90. The van der Waals surface area contributed by atoms with Crippen LogP contribution in [0.25, 0.3) is 0 Å². The molecule has 0 aromatic heterocycles. The fourth-order valence-electron chi connectivity index (χ4n) is 1.83. The molecule has 0 fully saturated rings. The number of likely N-dealkylation sites (N-methyl/N-ethyl adjacent to an activating group) is 1. The van der Waals surface area contributed by atoms with Crippen molar-refractivity contribution in [2.45, 2.75) is 32.9 Å². The van der Waals surface area contributed by atoms with Crippen LogP contribution in [-0.2, 0) is 4.74 Å². The highest BCUT2D eigenvalue weighted by Gasteiger charge is 2.18. The van der Waals surface area contributed by atoms with Gasteiger partial charge in [-0.2, -0.15) is 0 Å². The molecule has 0 aliphatic heterocycles. The van der Waals surface area contributed by atoms with Crippen molar-refractivity contribution in [3.8, 4) is 0 Å². The van der Waals surface area contributed by atoms with Crippen LogP contribution in [-0.4, -0.2) is 19.8 Å². The van der Waals surface area contributed by atoms with E-state index < -0.39 is 0 Å². The van der Waals surface area contributed by atoms with Crippen LogP contribution in [0.1, 0.15) is 31.0 Å². The van der Waals surface area contributed by atoms with Crippen molar-refractivity contribution < 1.29 is 9.13 Å². The zero-order chi connectivity index (χ0) is 12.1. The number of nitrogens with one attached hydrogen (secondary N) is 1. The number of halogens is 1. The average Bonchev–Trinajstić information content (AvgIpc) is 2.25. The predicted octanol–water partition coefficient (Wildman–Crippen LogP) is 2.82. The maximum atomic E-state index is 13.5. The topological polar surface area (TPSA) is 21.3 Å². The first-order chi connectivity index (χ1) is 7.60. The number of hydrogen-bond donors (Lipinski definition) is 1. The van der Waals surface area contributed by atoms with E-state index in [1.54, 1.807) is 19.1 Å². The highest BCUT2D eigenvalue weighted by Crippen LogP contribution is 2.21. The summed E-state index contributed by atoms with van der Waals surface area (Å²) in [5.74, 6) is -0.165. The maximum Gasteiger partial charge on any atom is 0.126 e. The smallest absolute Gasteiger partial charge is 0.126 e. The predicted molar refractivity (Wildman–Crippen MR) is 64.0 cm³/mol. The summed E-state index contributed by atoms with van der Waals surface area (Å²) >= 11 is 0. The van der Waals surface area contributed by atoms with Crippen LogP contribution in [0.15, 0.2) is 18.2 Å². The summed E-state index contributed by atoms with van der Waals surface area (Å²) in [5, 5.41) is 3.16. The lowest BCUT2D eigenvalue weighted by atomic mass is 10.0. The van der Waals surface area contributed by atoms with Crippen LogP contribution in [0.3, 0.4) is 0 Å². The summed E-state index contributed by atoms with van der Waals surface area (Å²) in [4.78, 5) is 0. The fraction of sp³-hybridized carbons (Fsp3) is 0.538.